The Balaban J connectivity index is 1.95. The van der Waals surface area contributed by atoms with E-state index in [1.54, 1.807) is 7.11 Å². The van der Waals surface area contributed by atoms with Crippen LogP contribution in [-0.4, -0.2) is 26.4 Å². The van der Waals surface area contributed by atoms with Crippen molar-refractivity contribution in [3.05, 3.63) is 29.3 Å². The van der Waals surface area contributed by atoms with E-state index in [0.29, 0.717) is 17.4 Å². The Labute approximate surface area is 108 Å². The fourth-order valence-corrected chi connectivity index (χ4v) is 2.12. The van der Waals surface area contributed by atoms with Gasteiger partial charge in [0.2, 0.25) is 0 Å². The number of benzene rings is 1. The molecule has 0 unspecified atom stereocenters. The topological polar surface area (TPSA) is 54.3 Å². The maximum Gasteiger partial charge on any atom is 0.136 e. The Morgan fingerprint density at radius 1 is 1.56 bits per heavy atom. The van der Waals surface area contributed by atoms with Crippen LogP contribution in [0.4, 0.5) is 0 Å². The van der Waals surface area contributed by atoms with Gasteiger partial charge in [-0.25, -0.2) is 0 Å². The molecule has 4 nitrogen and oxygen atoms in total. The fraction of sp³-hybridized carbons (Fsp3) is 0.500. The monoisotopic (exact) mass is 246 g/mol. The zero-order valence-electron chi connectivity index (χ0n) is 10.6. The maximum absolute atomic E-state index is 9.02. The van der Waals surface area contributed by atoms with Crippen molar-refractivity contribution >= 4 is 0 Å². The van der Waals surface area contributed by atoms with Crippen LogP contribution in [0.25, 0.3) is 0 Å². The quantitative estimate of drug-likeness (QED) is 0.880. The third kappa shape index (κ3) is 3.22. The number of nitrogens with one attached hydrogen (secondary N) is 1. The molecular formula is C14H18N2O2. The van der Waals surface area contributed by atoms with Crippen LogP contribution in [0.2, 0.25) is 0 Å². The summed E-state index contributed by atoms with van der Waals surface area (Å²) < 4.78 is 10.5. The summed E-state index contributed by atoms with van der Waals surface area (Å²) in [5.41, 5.74) is 1.68. The average molecular weight is 246 g/mol. The Hall–Kier alpha value is -1.57. The minimum Gasteiger partial charge on any atom is -0.495 e. The summed E-state index contributed by atoms with van der Waals surface area (Å²) in [6, 6.07) is 8.26. The van der Waals surface area contributed by atoms with Crippen molar-refractivity contribution in [2.45, 2.75) is 25.4 Å². The molecule has 0 aromatic heterocycles. The number of ether oxygens (including phenoxy) is 2. The molecule has 1 aromatic carbocycles. The number of hydrogen-bond acceptors (Lipinski definition) is 4. The molecule has 0 amide bonds. The number of methoxy groups -OCH3 is 1. The number of hydrogen-bond donors (Lipinski definition) is 1. The van der Waals surface area contributed by atoms with E-state index in [4.69, 9.17) is 14.7 Å². The largest absolute Gasteiger partial charge is 0.495 e. The first-order valence-corrected chi connectivity index (χ1v) is 6.21. The Morgan fingerprint density at radius 2 is 2.44 bits per heavy atom. The number of rotatable bonds is 4. The molecule has 1 aliphatic rings. The summed E-state index contributed by atoms with van der Waals surface area (Å²) >= 11 is 0. The van der Waals surface area contributed by atoms with Crippen molar-refractivity contribution in [3.63, 3.8) is 0 Å². The van der Waals surface area contributed by atoms with Gasteiger partial charge in [-0.2, -0.15) is 5.26 Å². The molecular weight excluding hydrogens is 228 g/mol. The predicted molar refractivity (Wildman–Crippen MR) is 68.4 cm³/mol. The van der Waals surface area contributed by atoms with Gasteiger partial charge in [0, 0.05) is 19.2 Å². The normalized spacial score (nSPS) is 19.2. The van der Waals surface area contributed by atoms with Crippen LogP contribution >= 0.6 is 0 Å². The molecule has 0 aliphatic carbocycles. The smallest absolute Gasteiger partial charge is 0.136 e. The van der Waals surface area contributed by atoms with Crippen molar-refractivity contribution < 1.29 is 9.47 Å². The predicted octanol–water partition coefficient (Wildman–Crippen LogP) is 1.84. The second kappa shape index (κ2) is 6.39. The van der Waals surface area contributed by atoms with E-state index in [1.165, 1.54) is 0 Å². The molecule has 4 heteroatoms. The van der Waals surface area contributed by atoms with Crippen molar-refractivity contribution in [2.24, 2.45) is 0 Å². The summed E-state index contributed by atoms with van der Waals surface area (Å²) in [5.74, 6) is 0.627. The highest BCUT2D eigenvalue weighted by atomic mass is 16.5. The van der Waals surface area contributed by atoms with Gasteiger partial charge < -0.3 is 14.8 Å². The van der Waals surface area contributed by atoms with Gasteiger partial charge in [-0.1, -0.05) is 6.07 Å². The lowest BCUT2D eigenvalue weighted by Crippen LogP contribution is -2.36. The van der Waals surface area contributed by atoms with E-state index < -0.39 is 0 Å². The van der Waals surface area contributed by atoms with E-state index in [1.807, 2.05) is 18.2 Å². The van der Waals surface area contributed by atoms with Gasteiger partial charge in [0.25, 0.3) is 0 Å². The molecule has 0 radical (unpaired) electrons. The third-order valence-electron chi connectivity index (χ3n) is 3.14. The minimum atomic E-state index is 0.423. The molecule has 18 heavy (non-hydrogen) atoms. The van der Waals surface area contributed by atoms with Crippen LogP contribution in [0.1, 0.15) is 24.0 Å². The van der Waals surface area contributed by atoms with Crippen LogP contribution in [-0.2, 0) is 11.3 Å². The molecule has 1 fully saturated rings. The van der Waals surface area contributed by atoms with Crippen LogP contribution in [0, 0.1) is 11.3 Å². The first-order chi connectivity index (χ1) is 8.83. The van der Waals surface area contributed by atoms with Crippen LogP contribution in [0.3, 0.4) is 0 Å². The summed E-state index contributed by atoms with van der Waals surface area (Å²) in [6.07, 6.45) is 2.27. The van der Waals surface area contributed by atoms with Gasteiger partial charge in [-0.15, -0.1) is 0 Å². The van der Waals surface area contributed by atoms with E-state index in [-0.39, 0.29) is 0 Å². The SMILES string of the molecule is COc1ccc(CN[C@H]2CCCOC2)cc1C#N. The summed E-state index contributed by atoms with van der Waals surface area (Å²) in [4.78, 5) is 0. The molecule has 96 valence electrons. The molecule has 1 aliphatic heterocycles. The lowest BCUT2D eigenvalue weighted by molar-refractivity contribution is 0.0699. The molecule has 1 atom stereocenters. The molecule has 2 rings (SSSR count). The zero-order chi connectivity index (χ0) is 12.8. The maximum atomic E-state index is 9.02. The molecule has 1 saturated heterocycles. The highest BCUT2D eigenvalue weighted by Crippen LogP contribution is 2.19. The molecule has 1 aromatic rings. The van der Waals surface area contributed by atoms with E-state index in [9.17, 15) is 0 Å². The third-order valence-corrected chi connectivity index (χ3v) is 3.14. The summed E-state index contributed by atoms with van der Waals surface area (Å²) in [6.45, 7) is 2.41. The standard InChI is InChI=1S/C14H18N2O2/c1-17-14-5-4-11(7-12(14)8-15)9-16-13-3-2-6-18-10-13/h4-5,7,13,16H,2-3,6,9-10H2,1H3/t13-/m0/s1. The Morgan fingerprint density at radius 3 is 3.11 bits per heavy atom. The highest BCUT2D eigenvalue weighted by Gasteiger charge is 2.13. The van der Waals surface area contributed by atoms with E-state index in [2.05, 4.69) is 11.4 Å². The number of nitriles is 1. The van der Waals surface area contributed by atoms with Crippen LogP contribution in [0.15, 0.2) is 18.2 Å². The van der Waals surface area contributed by atoms with Crippen molar-refractivity contribution in [2.75, 3.05) is 20.3 Å². The van der Waals surface area contributed by atoms with Gasteiger partial charge in [0.05, 0.1) is 19.3 Å². The van der Waals surface area contributed by atoms with Gasteiger partial charge in [0.15, 0.2) is 0 Å². The lowest BCUT2D eigenvalue weighted by atomic mass is 10.1. The first kappa shape index (κ1) is 12.9. The van der Waals surface area contributed by atoms with Crippen LogP contribution in [0.5, 0.6) is 5.75 Å². The van der Waals surface area contributed by atoms with Gasteiger partial charge in [-0.3, -0.25) is 0 Å². The summed E-state index contributed by atoms with van der Waals surface area (Å²) in [5, 5.41) is 12.5. The first-order valence-electron chi connectivity index (χ1n) is 6.21. The van der Waals surface area contributed by atoms with Gasteiger partial charge in [-0.05, 0) is 30.5 Å². The van der Waals surface area contributed by atoms with E-state index >= 15 is 0 Å². The van der Waals surface area contributed by atoms with Crippen molar-refractivity contribution in [1.82, 2.24) is 5.32 Å². The van der Waals surface area contributed by atoms with Crippen LogP contribution < -0.4 is 10.1 Å². The molecule has 1 N–H and O–H groups in total. The van der Waals surface area contributed by atoms with Gasteiger partial charge in [0.1, 0.15) is 11.8 Å². The van der Waals surface area contributed by atoms with Crippen molar-refractivity contribution in [1.29, 1.82) is 5.26 Å². The lowest BCUT2D eigenvalue weighted by Gasteiger charge is -2.23. The van der Waals surface area contributed by atoms with E-state index in [0.717, 1.165) is 38.2 Å². The minimum absolute atomic E-state index is 0.423. The molecule has 0 saturated carbocycles. The molecule has 0 bridgehead atoms. The molecule has 0 spiro atoms. The second-order valence-corrected chi connectivity index (χ2v) is 4.44. The summed E-state index contributed by atoms with van der Waals surface area (Å²) in [7, 11) is 1.58. The average Bonchev–Trinajstić information content (AvgIpc) is 2.45. The van der Waals surface area contributed by atoms with Crippen molar-refractivity contribution in [3.8, 4) is 11.8 Å². The highest BCUT2D eigenvalue weighted by molar-refractivity contribution is 5.45. The second-order valence-electron chi connectivity index (χ2n) is 4.44. The Bertz CT molecular complexity index is 434. The zero-order valence-corrected chi connectivity index (χ0v) is 10.6. The molecule has 1 heterocycles. The number of nitrogens with zero attached hydrogens (tertiary/aromatic N) is 1. The Kier molecular flexibility index (Phi) is 4.57. The van der Waals surface area contributed by atoms with Gasteiger partial charge >= 0.3 is 0 Å². The fourth-order valence-electron chi connectivity index (χ4n) is 2.12.